The quantitative estimate of drug-likeness (QED) is 0.670. The maximum absolute atomic E-state index is 5.96. The molecule has 3 aromatic rings. The van der Waals surface area contributed by atoms with E-state index in [0.29, 0.717) is 22.2 Å². The van der Waals surface area contributed by atoms with E-state index in [4.69, 9.17) is 21.8 Å². The lowest BCUT2D eigenvalue weighted by Crippen LogP contribution is -1.86. The number of hydrogen-bond acceptors (Lipinski definition) is 3. The zero-order valence-electron chi connectivity index (χ0n) is 9.77. The summed E-state index contributed by atoms with van der Waals surface area (Å²) in [6, 6.07) is 11.2. The molecule has 0 aliphatic rings. The van der Waals surface area contributed by atoms with Crippen LogP contribution < -0.4 is 5.73 Å². The van der Waals surface area contributed by atoms with E-state index < -0.39 is 0 Å². The highest BCUT2D eigenvalue weighted by atomic mass is 35.5. The third-order valence-corrected chi connectivity index (χ3v) is 2.97. The van der Waals surface area contributed by atoms with Gasteiger partial charge in [-0.15, -0.1) is 0 Å². The van der Waals surface area contributed by atoms with Crippen molar-refractivity contribution in [3.05, 3.63) is 47.0 Å². The molecule has 0 spiro atoms. The van der Waals surface area contributed by atoms with Crippen LogP contribution in [0.25, 0.3) is 22.6 Å². The maximum Gasteiger partial charge on any atom is 0.227 e. The normalized spacial score (nSPS) is 11.0. The van der Waals surface area contributed by atoms with Crippen LogP contribution in [-0.2, 0) is 0 Å². The Bertz CT molecular complexity index is 734. The maximum atomic E-state index is 5.96. The lowest BCUT2D eigenvalue weighted by Gasteiger charge is -1.96. The second-order valence-corrected chi connectivity index (χ2v) is 4.67. The first kappa shape index (κ1) is 11.1. The Morgan fingerprint density at radius 3 is 2.83 bits per heavy atom. The van der Waals surface area contributed by atoms with Gasteiger partial charge in [-0.1, -0.05) is 17.7 Å². The van der Waals surface area contributed by atoms with Crippen LogP contribution in [0.3, 0.4) is 0 Å². The van der Waals surface area contributed by atoms with E-state index in [1.807, 2.05) is 43.3 Å². The molecule has 2 aromatic carbocycles. The molecule has 0 fully saturated rings. The van der Waals surface area contributed by atoms with Gasteiger partial charge in [0, 0.05) is 10.6 Å². The standard InChI is InChI=1S/C14H11ClN2O/c1-8-5-11(16)13-12(6-8)17-14(18-13)9-3-2-4-10(15)7-9/h2-7H,16H2,1H3. The average molecular weight is 259 g/mol. The molecule has 3 nitrogen and oxygen atoms in total. The summed E-state index contributed by atoms with van der Waals surface area (Å²) in [4.78, 5) is 4.44. The number of aromatic nitrogens is 1. The number of aryl methyl sites for hydroxylation is 1. The minimum Gasteiger partial charge on any atom is -0.434 e. The molecule has 90 valence electrons. The zero-order chi connectivity index (χ0) is 12.7. The molecular formula is C14H11ClN2O. The summed E-state index contributed by atoms with van der Waals surface area (Å²) < 4.78 is 5.70. The van der Waals surface area contributed by atoms with Crippen molar-refractivity contribution in [3.63, 3.8) is 0 Å². The van der Waals surface area contributed by atoms with Crippen LogP contribution in [0.15, 0.2) is 40.8 Å². The Kier molecular flexibility index (Phi) is 2.49. The van der Waals surface area contributed by atoms with Gasteiger partial charge in [-0.05, 0) is 42.8 Å². The van der Waals surface area contributed by atoms with E-state index in [0.717, 1.165) is 16.6 Å². The van der Waals surface area contributed by atoms with Gasteiger partial charge >= 0.3 is 0 Å². The topological polar surface area (TPSA) is 52.0 Å². The highest BCUT2D eigenvalue weighted by Crippen LogP contribution is 2.29. The van der Waals surface area contributed by atoms with Crippen LogP contribution >= 0.6 is 11.6 Å². The Hall–Kier alpha value is -2.00. The number of benzene rings is 2. The van der Waals surface area contributed by atoms with Gasteiger partial charge < -0.3 is 10.2 Å². The van der Waals surface area contributed by atoms with E-state index in [1.165, 1.54) is 0 Å². The molecule has 0 amide bonds. The first-order valence-corrected chi connectivity index (χ1v) is 5.94. The third-order valence-electron chi connectivity index (χ3n) is 2.73. The largest absolute Gasteiger partial charge is 0.434 e. The predicted molar refractivity (Wildman–Crippen MR) is 73.6 cm³/mol. The van der Waals surface area contributed by atoms with E-state index in [9.17, 15) is 0 Å². The number of oxazole rings is 1. The van der Waals surface area contributed by atoms with Crippen LogP contribution in [0, 0.1) is 6.92 Å². The molecule has 0 unspecified atom stereocenters. The molecule has 0 aliphatic heterocycles. The summed E-state index contributed by atoms with van der Waals surface area (Å²) >= 11 is 5.96. The van der Waals surface area contributed by atoms with Gasteiger partial charge in [0.25, 0.3) is 0 Å². The molecule has 0 atom stereocenters. The van der Waals surface area contributed by atoms with Crippen LogP contribution in [0.4, 0.5) is 5.69 Å². The molecule has 1 aromatic heterocycles. The summed E-state index contributed by atoms with van der Waals surface area (Å²) in [5.74, 6) is 0.532. The first-order chi connectivity index (χ1) is 8.63. The van der Waals surface area contributed by atoms with Gasteiger partial charge in [-0.2, -0.15) is 0 Å². The molecule has 0 bridgehead atoms. The molecular weight excluding hydrogens is 248 g/mol. The van der Waals surface area contributed by atoms with E-state index >= 15 is 0 Å². The van der Waals surface area contributed by atoms with Crippen molar-refractivity contribution < 1.29 is 4.42 Å². The number of nitrogens with two attached hydrogens (primary N) is 1. The van der Waals surface area contributed by atoms with Crippen LogP contribution in [0.2, 0.25) is 5.02 Å². The Labute approximate surface area is 109 Å². The second-order valence-electron chi connectivity index (χ2n) is 4.23. The van der Waals surface area contributed by atoms with Crippen LogP contribution in [-0.4, -0.2) is 4.98 Å². The summed E-state index contributed by atoms with van der Waals surface area (Å²) in [5, 5.41) is 0.652. The summed E-state index contributed by atoms with van der Waals surface area (Å²) in [6.45, 7) is 1.98. The number of anilines is 1. The third kappa shape index (κ3) is 1.83. The van der Waals surface area contributed by atoms with Gasteiger partial charge in [0.05, 0.1) is 5.69 Å². The highest BCUT2D eigenvalue weighted by Gasteiger charge is 2.11. The van der Waals surface area contributed by atoms with Crippen molar-refractivity contribution in [3.8, 4) is 11.5 Å². The highest BCUT2D eigenvalue weighted by molar-refractivity contribution is 6.30. The smallest absolute Gasteiger partial charge is 0.227 e. The molecule has 0 saturated heterocycles. The first-order valence-electron chi connectivity index (χ1n) is 5.56. The molecule has 1 heterocycles. The number of fused-ring (bicyclic) bond motifs is 1. The summed E-state index contributed by atoms with van der Waals surface area (Å²) in [6.07, 6.45) is 0. The zero-order valence-corrected chi connectivity index (χ0v) is 10.5. The number of nitrogen functional groups attached to an aromatic ring is 1. The number of nitrogens with zero attached hydrogens (tertiary/aromatic N) is 1. The van der Waals surface area contributed by atoms with Crippen molar-refractivity contribution in [2.45, 2.75) is 6.92 Å². The van der Waals surface area contributed by atoms with E-state index in [-0.39, 0.29) is 0 Å². The summed E-state index contributed by atoms with van der Waals surface area (Å²) in [7, 11) is 0. The van der Waals surface area contributed by atoms with Gasteiger partial charge in [-0.3, -0.25) is 0 Å². The monoisotopic (exact) mass is 258 g/mol. The van der Waals surface area contributed by atoms with Crippen molar-refractivity contribution >= 4 is 28.4 Å². The SMILES string of the molecule is Cc1cc(N)c2oc(-c3cccc(Cl)c3)nc2c1. The van der Waals surface area contributed by atoms with Crippen molar-refractivity contribution in [2.24, 2.45) is 0 Å². The lowest BCUT2D eigenvalue weighted by atomic mass is 10.2. The molecule has 3 rings (SSSR count). The Morgan fingerprint density at radius 2 is 2.06 bits per heavy atom. The number of halogens is 1. The Balaban J connectivity index is 2.22. The minimum atomic E-state index is 0.532. The van der Waals surface area contributed by atoms with Crippen molar-refractivity contribution in [2.75, 3.05) is 5.73 Å². The predicted octanol–water partition coefficient (Wildman–Crippen LogP) is 4.04. The molecule has 4 heteroatoms. The molecule has 0 saturated carbocycles. The van der Waals surface area contributed by atoms with Crippen LogP contribution in [0.5, 0.6) is 0 Å². The van der Waals surface area contributed by atoms with E-state index in [1.54, 1.807) is 0 Å². The Morgan fingerprint density at radius 1 is 1.22 bits per heavy atom. The molecule has 18 heavy (non-hydrogen) atoms. The van der Waals surface area contributed by atoms with Crippen molar-refractivity contribution in [1.29, 1.82) is 0 Å². The van der Waals surface area contributed by atoms with Gasteiger partial charge in [0.15, 0.2) is 5.58 Å². The second kappa shape index (κ2) is 4.03. The van der Waals surface area contributed by atoms with Gasteiger partial charge in [-0.25, -0.2) is 4.98 Å². The van der Waals surface area contributed by atoms with Gasteiger partial charge in [0.2, 0.25) is 5.89 Å². The van der Waals surface area contributed by atoms with Crippen LogP contribution in [0.1, 0.15) is 5.56 Å². The van der Waals surface area contributed by atoms with Crippen molar-refractivity contribution in [1.82, 2.24) is 4.98 Å². The summed E-state index contributed by atoms with van der Waals surface area (Å²) in [5.41, 5.74) is 9.81. The fraction of sp³-hybridized carbons (Fsp3) is 0.0714. The minimum absolute atomic E-state index is 0.532. The fourth-order valence-corrected chi connectivity index (χ4v) is 2.14. The molecule has 0 radical (unpaired) electrons. The average Bonchev–Trinajstić information content (AvgIpc) is 2.73. The van der Waals surface area contributed by atoms with E-state index in [2.05, 4.69) is 4.98 Å². The number of hydrogen-bond donors (Lipinski definition) is 1. The lowest BCUT2D eigenvalue weighted by molar-refractivity contribution is 0.621. The van der Waals surface area contributed by atoms with Gasteiger partial charge in [0.1, 0.15) is 5.52 Å². The molecule has 2 N–H and O–H groups in total. The molecule has 0 aliphatic carbocycles. The number of rotatable bonds is 1. The fourth-order valence-electron chi connectivity index (χ4n) is 1.95.